The van der Waals surface area contributed by atoms with E-state index in [1.165, 1.54) is 6.20 Å². The number of aromatic nitrogens is 4. The van der Waals surface area contributed by atoms with Gasteiger partial charge >= 0.3 is 0 Å². The molecule has 0 radical (unpaired) electrons. The summed E-state index contributed by atoms with van der Waals surface area (Å²) in [5, 5.41) is 14.4. The van der Waals surface area contributed by atoms with E-state index in [0.717, 1.165) is 19.3 Å². The summed E-state index contributed by atoms with van der Waals surface area (Å²) >= 11 is 0. The minimum atomic E-state index is -1.16. The number of carbonyl (C=O) groups excluding carboxylic acids is 2. The second kappa shape index (κ2) is 11.7. The third kappa shape index (κ3) is 5.82. The van der Waals surface area contributed by atoms with Gasteiger partial charge in [0.15, 0.2) is 0 Å². The molecule has 2 unspecified atom stereocenters. The van der Waals surface area contributed by atoms with Gasteiger partial charge in [0.2, 0.25) is 5.88 Å². The molecule has 2 amide bonds. The molecule has 1 aliphatic rings. The predicted octanol–water partition coefficient (Wildman–Crippen LogP) is 3.27. The number of alkyl halides is 1. The molecule has 1 fully saturated rings. The molecular formula is C27H32FN6O5P. The van der Waals surface area contributed by atoms with E-state index in [-0.39, 0.29) is 36.4 Å². The average Bonchev–Trinajstić information content (AvgIpc) is 3.50. The summed E-state index contributed by atoms with van der Waals surface area (Å²) in [6.45, 7) is 1.89. The van der Waals surface area contributed by atoms with E-state index >= 15 is 0 Å². The molecule has 13 heteroatoms. The topological polar surface area (TPSA) is 120 Å². The standard InChI is InChI=1S/C27H32FN6O5P/c1-15(31-25(35)20-11-30-33-13-18(5-6-21(20)33)38-14-23(28)40)8-16-9-19(10-16)39-27-24(26(36)29-2)22-7-4-17(37-3)12-34(22)32-27/h4-7,11-13,15-16,19,23H,8-10,14,40H2,1-3H3,(H,29,36)(H,31,35)/t15-,16?,19?,23?/m0/s1. The molecule has 4 aromatic rings. The van der Waals surface area contributed by atoms with E-state index in [1.807, 2.05) is 16.2 Å². The lowest BCUT2D eigenvalue weighted by Crippen LogP contribution is -2.40. The minimum Gasteiger partial charge on any atom is -0.495 e. The number of nitrogens with zero attached hydrogens (tertiary/aromatic N) is 4. The molecule has 3 atom stereocenters. The minimum absolute atomic E-state index is 0.0661. The maximum Gasteiger partial charge on any atom is 0.258 e. The fraction of sp³-hybridized carbons (Fsp3) is 0.407. The fourth-order valence-corrected chi connectivity index (χ4v) is 5.03. The number of carbonyl (C=O) groups is 2. The van der Waals surface area contributed by atoms with Gasteiger partial charge in [-0.25, -0.2) is 13.4 Å². The number of rotatable bonds is 11. The van der Waals surface area contributed by atoms with Crippen molar-refractivity contribution in [2.45, 2.75) is 44.2 Å². The molecule has 0 saturated heterocycles. The van der Waals surface area contributed by atoms with Gasteiger partial charge < -0.3 is 24.8 Å². The van der Waals surface area contributed by atoms with Gasteiger partial charge in [-0.3, -0.25) is 9.59 Å². The molecule has 4 aromatic heterocycles. The molecule has 0 spiro atoms. The predicted molar refractivity (Wildman–Crippen MR) is 149 cm³/mol. The summed E-state index contributed by atoms with van der Waals surface area (Å²) in [6, 6.07) is 6.90. The number of nitrogens with one attached hydrogen (secondary N) is 2. The summed E-state index contributed by atoms with van der Waals surface area (Å²) < 4.78 is 32.9. The number of methoxy groups -OCH3 is 1. The molecule has 212 valence electrons. The van der Waals surface area contributed by atoms with E-state index in [0.29, 0.717) is 39.6 Å². The highest BCUT2D eigenvalue weighted by molar-refractivity contribution is 7.17. The van der Waals surface area contributed by atoms with E-state index < -0.39 is 5.91 Å². The number of hydrogen-bond acceptors (Lipinski definition) is 7. The Morgan fingerprint density at radius 2 is 1.85 bits per heavy atom. The summed E-state index contributed by atoms with van der Waals surface area (Å²) in [5.74, 6) is 0.0883. The molecular weight excluding hydrogens is 538 g/mol. The molecule has 5 rings (SSSR count). The Hall–Kier alpha value is -3.92. The Bertz CT molecular complexity index is 1530. The van der Waals surface area contributed by atoms with Crippen molar-refractivity contribution < 1.29 is 28.2 Å². The van der Waals surface area contributed by atoms with Gasteiger partial charge in [-0.1, -0.05) is 9.24 Å². The van der Waals surface area contributed by atoms with Gasteiger partial charge in [0.05, 0.1) is 42.3 Å². The van der Waals surface area contributed by atoms with Gasteiger partial charge in [-0.15, -0.1) is 5.10 Å². The van der Waals surface area contributed by atoms with Gasteiger partial charge in [0.1, 0.15) is 35.7 Å². The van der Waals surface area contributed by atoms with Crippen LogP contribution in [0.1, 0.15) is 46.9 Å². The quantitative estimate of drug-likeness (QED) is 0.266. The van der Waals surface area contributed by atoms with Crippen molar-refractivity contribution in [1.82, 2.24) is 29.9 Å². The van der Waals surface area contributed by atoms with Crippen molar-refractivity contribution in [3.8, 4) is 17.4 Å². The second-order valence-electron chi connectivity index (χ2n) is 9.93. The number of hydrogen-bond donors (Lipinski definition) is 2. The molecule has 11 nitrogen and oxygen atoms in total. The third-order valence-corrected chi connectivity index (χ3v) is 7.13. The normalized spacial score (nSPS) is 18.1. The summed E-state index contributed by atoms with van der Waals surface area (Å²) in [7, 11) is 5.18. The zero-order valence-corrected chi connectivity index (χ0v) is 23.6. The number of amides is 2. The van der Waals surface area contributed by atoms with Crippen molar-refractivity contribution in [3.05, 3.63) is 54.0 Å². The SMILES string of the molecule is CNC(=O)c1c(OC2CC(C[C@H](C)NC(=O)c3cnn4cc(OCC(F)P)ccc34)C2)nn2cc(OC)ccc12. The number of pyridine rings is 2. The summed E-state index contributed by atoms with van der Waals surface area (Å²) in [5.41, 5.74) is 2.10. The van der Waals surface area contributed by atoms with Crippen LogP contribution in [0.3, 0.4) is 0 Å². The first kappa shape index (κ1) is 27.6. The molecule has 0 aliphatic heterocycles. The number of ether oxygens (including phenoxy) is 3. The van der Waals surface area contributed by atoms with Crippen LogP contribution in [-0.4, -0.2) is 69.9 Å². The second-order valence-corrected chi connectivity index (χ2v) is 10.6. The first-order chi connectivity index (χ1) is 19.2. The lowest BCUT2D eigenvalue weighted by Gasteiger charge is -2.36. The first-order valence-corrected chi connectivity index (χ1v) is 13.7. The largest absolute Gasteiger partial charge is 0.495 e. The Kier molecular flexibility index (Phi) is 8.07. The molecule has 2 N–H and O–H groups in total. The van der Waals surface area contributed by atoms with Crippen LogP contribution >= 0.6 is 9.24 Å². The van der Waals surface area contributed by atoms with Crippen LogP contribution in [0.15, 0.2) is 42.9 Å². The number of halogens is 1. The van der Waals surface area contributed by atoms with Crippen LogP contribution in [0, 0.1) is 5.92 Å². The van der Waals surface area contributed by atoms with Crippen molar-refractivity contribution in [2.24, 2.45) is 5.92 Å². The number of fused-ring (bicyclic) bond motifs is 2. The fourth-order valence-electron chi connectivity index (χ4n) is 4.93. The maximum absolute atomic E-state index is 13.0. The maximum atomic E-state index is 13.0. The van der Waals surface area contributed by atoms with Crippen LogP contribution < -0.4 is 24.8 Å². The van der Waals surface area contributed by atoms with Gasteiger partial charge in [0.25, 0.3) is 11.8 Å². The zero-order valence-electron chi connectivity index (χ0n) is 22.5. The van der Waals surface area contributed by atoms with Gasteiger partial charge in [0, 0.05) is 13.1 Å². The van der Waals surface area contributed by atoms with Crippen molar-refractivity contribution in [3.63, 3.8) is 0 Å². The average molecular weight is 571 g/mol. The highest BCUT2D eigenvalue weighted by Gasteiger charge is 2.34. The van der Waals surface area contributed by atoms with Crippen LogP contribution in [0.5, 0.6) is 17.4 Å². The van der Waals surface area contributed by atoms with Gasteiger partial charge in [-0.2, -0.15) is 5.10 Å². The third-order valence-electron chi connectivity index (χ3n) is 6.94. The molecule has 1 saturated carbocycles. The lowest BCUT2D eigenvalue weighted by molar-refractivity contribution is 0.0506. The lowest BCUT2D eigenvalue weighted by atomic mass is 9.78. The molecule has 0 bridgehead atoms. The van der Waals surface area contributed by atoms with Crippen LogP contribution in [0.25, 0.3) is 11.0 Å². The zero-order chi connectivity index (χ0) is 28.4. The molecule has 4 heterocycles. The van der Waals surface area contributed by atoms with Crippen molar-refractivity contribution >= 4 is 32.1 Å². The van der Waals surface area contributed by atoms with Crippen LogP contribution in [0.2, 0.25) is 0 Å². The Morgan fingerprint density at radius 3 is 2.58 bits per heavy atom. The van der Waals surface area contributed by atoms with Crippen molar-refractivity contribution in [2.75, 3.05) is 20.8 Å². The highest BCUT2D eigenvalue weighted by Crippen LogP contribution is 2.36. The van der Waals surface area contributed by atoms with E-state index in [9.17, 15) is 14.0 Å². The Morgan fingerprint density at radius 1 is 1.12 bits per heavy atom. The van der Waals surface area contributed by atoms with E-state index in [1.54, 1.807) is 59.8 Å². The van der Waals surface area contributed by atoms with E-state index in [2.05, 4.69) is 20.8 Å². The Balaban J connectivity index is 1.16. The first-order valence-electron chi connectivity index (χ1n) is 13.0. The van der Waals surface area contributed by atoms with Crippen LogP contribution in [-0.2, 0) is 0 Å². The highest BCUT2D eigenvalue weighted by atomic mass is 31.0. The monoisotopic (exact) mass is 570 g/mol. The van der Waals surface area contributed by atoms with Crippen LogP contribution in [0.4, 0.5) is 4.39 Å². The van der Waals surface area contributed by atoms with Gasteiger partial charge in [-0.05, 0) is 56.4 Å². The molecule has 40 heavy (non-hydrogen) atoms. The molecule has 0 aromatic carbocycles. The summed E-state index contributed by atoms with van der Waals surface area (Å²) in [4.78, 5) is 25.5. The smallest absolute Gasteiger partial charge is 0.258 e. The summed E-state index contributed by atoms with van der Waals surface area (Å²) in [6.07, 6.45) is 7.12. The van der Waals surface area contributed by atoms with E-state index in [4.69, 9.17) is 14.2 Å². The van der Waals surface area contributed by atoms with Crippen molar-refractivity contribution in [1.29, 1.82) is 0 Å². The Labute approximate surface area is 232 Å². The molecule has 1 aliphatic carbocycles.